The molecule has 0 amide bonds. The van der Waals surface area contributed by atoms with Gasteiger partial charge in [0.1, 0.15) is 0 Å². The van der Waals surface area contributed by atoms with Gasteiger partial charge in [-0.15, -0.1) is 5.73 Å². The topological polar surface area (TPSA) is 3.24 Å². The van der Waals surface area contributed by atoms with Gasteiger partial charge in [0.15, 0.2) is 0 Å². The highest BCUT2D eigenvalue weighted by atomic mass is 15.2. The molecule has 1 nitrogen and oxygen atoms in total. The summed E-state index contributed by atoms with van der Waals surface area (Å²) < 4.78 is 0. The zero-order chi connectivity index (χ0) is 11.7. The molecule has 0 radical (unpaired) electrons. The van der Waals surface area contributed by atoms with E-state index in [0.717, 1.165) is 12.5 Å². The normalized spacial score (nSPS) is 37.0. The van der Waals surface area contributed by atoms with Gasteiger partial charge in [-0.2, -0.15) is 0 Å². The fourth-order valence-electron chi connectivity index (χ4n) is 3.66. The molecule has 0 unspecified atom stereocenters. The highest BCUT2D eigenvalue weighted by molar-refractivity contribution is 5.31. The van der Waals surface area contributed by atoms with Crippen LogP contribution in [-0.2, 0) is 0 Å². The maximum absolute atomic E-state index is 3.15. The van der Waals surface area contributed by atoms with E-state index in [4.69, 9.17) is 0 Å². The van der Waals surface area contributed by atoms with E-state index < -0.39 is 0 Å². The quantitative estimate of drug-likeness (QED) is 0.655. The Morgan fingerprint density at radius 2 is 2.18 bits per heavy atom. The van der Waals surface area contributed by atoms with Crippen molar-refractivity contribution in [1.29, 1.82) is 0 Å². The Hall–Kier alpha value is -0.780. The Balaban J connectivity index is 1.56. The van der Waals surface area contributed by atoms with Gasteiger partial charge in [-0.05, 0) is 60.9 Å². The molecule has 1 saturated carbocycles. The molecule has 1 heterocycles. The monoisotopic (exact) mass is 229 g/mol. The van der Waals surface area contributed by atoms with Gasteiger partial charge in [-0.1, -0.05) is 19.8 Å². The first kappa shape index (κ1) is 11.3. The summed E-state index contributed by atoms with van der Waals surface area (Å²) in [5.41, 5.74) is 5.27. The van der Waals surface area contributed by atoms with E-state index in [1.54, 1.807) is 0 Å². The average molecular weight is 229 g/mol. The third kappa shape index (κ3) is 2.41. The molecule has 0 aromatic heterocycles. The minimum atomic E-state index is 0.683. The van der Waals surface area contributed by atoms with Crippen molar-refractivity contribution in [1.82, 2.24) is 4.90 Å². The number of hydrogen-bond donors (Lipinski definition) is 0. The van der Waals surface area contributed by atoms with Crippen molar-refractivity contribution in [2.24, 2.45) is 11.3 Å². The molecule has 0 atom stereocenters. The predicted molar refractivity (Wildman–Crippen MR) is 71.9 cm³/mol. The average Bonchev–Trinajstić information content (AvgIpc) is 2.95. The van der Waals surface area contributed by atoms with Gasteiger partial charge >= 0.3 is 0 Å². The highest BCUT2D eigenvalue weighted by Gasteiger charge is 2.39. The number of rotatable bonds is 2. The molecule has 1 spiro atoms. The molecule has 0 aromatic carbocycles. The number of allylic oxidation sites excluding steroid dienone is 1. The van der Waals surface area contributed by atoms with E-state index in [2.05, 4.69) is 29.7 Å². The second kappa shape index (κ2) is 4.48. The van der Waals surface area contributed by atoms with Crippen LogP contribution in [0.1, 0.15) is 39.0 Å². The Labute approximate surface area is 105 Å². The second-order valence-electron chi connectivity index (χ2n) is 6.36. The van der Waals surface area contributed by atoms with Gasteiger partial charge in [-0.25, -0.2) is 0 Å². The fraction of sp³-hybridized carbons (Fsp3) is 0.688. The van der Waals surface area contributed by atoms with Crippen LogP contribution < -0.4 is 0 Å². The third-order valence-electron chi connectivity index (χ3n) is 4.92. The molecular weight excluding hydrogens is 206 g/mol. The summed E-state index contributed by atoms with van der Waals surface area (Å²) in [5.74, 6) is 0.972. The van der Waals surface area contributed by atoms with Crippen LogP contribution in [0.2, 0.25) is 0 Å². The lowest BCUT2D eigenvalue weighted by atomic mass is 9.70. The summed E-state index contributed by atoms with van der Waals surface area (Å²) >= 11 is 0. The maximum atomic E-state index is 3.15. The number of nitrogens with zero attached hydrogens (tertiary/aromatic N) is 1. The fourth-order valence-corrected chi connectivity index (χ4v) is 3.66. The van der Waals surface area contributed by atoms with E-state index >= 15 is 0 Å². The zero-order valence-electron chi connectivity index (χ0n) is 10.9. The first-order valence-electron chi connectivity index (χ1n) is 7.10. The molecule has 0 N–H and O–H groups in total. The first-order chi connectivity index (χ1) is 8.26. The summed E-state index contributed by atoms with van der Waals surface area (Å²) in [7, 11) is 0. The Morgan fingerprint density at radius 3 is 2.88 bits per heavy atom. The summed E-state index contributed by atoms with van der Waals surface area (Å²) in [5, 5.41) is 0. The summed E-state index contributed by atoms with van der Waals surface area (Å²) in [6.45, 7) is 6.20. The lowest BCUT2D eigenvalue weighted by Crippen LogP contribution is -2.31. The molecule has 3 aliphatic rings. The summed E-state index contributed by atoms with van der Waals surface area (Å²) in [4.78, 5) is 2.65. The van der Waals surface area contributed by atoms with Crippen molar-refractivity contribution in [2.45, 2.75) is 39.0 Å². The van der Waals surface area contributed by atoms with Crippen molar-refractivity contribution in [2.75, 3.05) is 19.6 Å². The van der Waals surface area contributed by atoms with Crippen molar-refractivity contribution in [3.05, 3.63) is 29.5 Å². The Bertz CT molecular complexity index is 376. The molecule has 1 saturated heterocycles. The van der Waals surface area contributed by atoms with Crippen molar-refractivity contribution in [3.8, 4) is 0 Å². The van der Waals surface area contributed by atoms with Crippen LogP contribution in [0.15, 0.2) is 29.5 Å². The molecule has 1 heteroatoms. The van der Waals surface area contributed by atoms with Crippen LogP contribution in [0.3, 0.4) is 0 Å². The molecule has 0 bridgehead atoms. The van der Waals surface area contributed by atoms with Crippen LogP contribution in [0.4, 0.5) is 0 Å². The Kier molecular flexibility index (Phi) is 2.98. The summed E-state index contributed by atoms with van der Waals surface area (Å²) in [6.07, 6.45) is 13.7. The predicted octanol–water partition coefficient (Wildman–Crippen LogP) is 3.54. The molecule has 92 valence electrons. The minimum Gasteiger partial charge on any atom is -0.298 e. The second-order valence-corrected chi connectivity index (χ2v) is 6.36. The van der Waals surface area contributed by atoms with E-state index in [1.807, 2.05) is 6.08 Å². The van der Waals surface area contributed by atoms with E-state index in [-0.39, 0.29) is 0 Å². The molecule has 2 fully saturated rings. The van der Waals surface area contributed by atoms with E-state index in [0.29, 0.717) is 5.41 Å². The highest BCUT2D eigenvalue weighted by Crippen LogP contribution is 2.45. The molecule has 17 heavy (non-hydrogen) atoms. The van der Waals surface area contributed by atoms with Gasteiger partial charge < -0.3 is 0 Å². The van der Waals surface area contributed by atoms with E-state index in [1.165, 1.54) is 50.8 Å². The van der Waals surface area contributed by atoms with Crippen molar-refractivity contribution in [3.63, 3.8) is 0 Å². The third-order valence-corrected chi connectivity index (χ3v) is 4.92. The van der Waals surface area contributed by atoms with Gasteiger partial charge in [0.2, 0.25) is 0 Å². The largest absolute Gasteiger partial charge is 0.298 e. The molecule has 1 aliphatic heterocycles. The van der Waals surface area contributed by atoms with Crippen molar-refractivity contribution < 1.29 is 0 Å². The smallest absolute Gasteiger partial charge is 0.0240 e. The SMILES string of the molecule is CC1CCC2(CC1)CCN(CC1=CC=C=C1)C2. The van der Waals surface area contributed by atoms with Crippen LogP contribution in [0.5, 0.6) is 0 Å². The standard InChI is InChI=1S/C16H23N/c1-14-6-8-16(9-7-14)10-11-17(13-16)12-15-4-2-3-5-15/h2,4-5,14H,6-13H2,1H3. The van der Waals surface area contributed by atoms with Gasteiger partial charge in [0, 0.05) is 13.1 Å². The maximum Gasteiger partial charge on any atom is 0.0240 e. The molecule has 3 rings (SSSR count). The van der Waals surface area contributed by atoms with Gasteiger partial charge in [0.25, 0.3) is 0 Å². The summed E-state index contributed by atoms with van der Waals surface area (Å²) in [6, 6.07) is 0. The lowest BCUT2D eigenvalue weighted by Gasteiger charge is -2.36. The van der Waals surface area contributed by atoms with Gasteiger partial charge in [-0.3, -0.25) is 4.90 Å². The lowest BCUT2D eigenvalue weighted by molar-refractivity contribution is 0.159. The number of likely N-dealkylation sites (tertiary alicyclic amines) is 1. The Morgan fingerprint density at radius 1 is 1.35 bits per heavy atom. The van der Waals surface area contributed by atoms with Crippen LogP contribution >= 0.6 is 0 Å². The van der Waals surface area contributed by atoms with E-state index in [9.17, 15) is 0 Å². The van der Waals surface area contributed by atoms with Crippen molar-refractivity contribution >= 4 is 0 Å². The van der Waals surface area contributed by atoms with Crippen LogP contribution in [0.25, 0.3) is 0 Å². The van der Waals surface area contributed by atoms with Gasteiger partial charge in [0.05, 0.1) is 0 Å². The minimum absolute atomic E-state index is 0.683. The molecule has 2 aliphatic carbocycles. The molecular formula is C16H23N. The first-order valence-corrected chi connectivity index (χ1v) is 7.10. The zero-order valence-corrected chi connectivity index (χ0v) is 10.9. The molecule has 0 aromatic rings. The van der Waals surface area contributed by atoms with Crippen LogP contribution in [0, 0.1) is 11.3 Å². The van der Waals surface area contributed by atoms with Crippen LogP contribution in [-0.4, -0.2) is 24.5 Å². The number of hydrogen-bond acceptors (Lipinski definition) is 1.